The third-order valence-corrected chi connectivity index (χ3v) is 15.3. The van der Waals surface area contributed by atoms with Gasteiger partial charge < -0.3 is 14.2 Å². The highest BCUT2D eigenvalue weighted by Crippen LogP contribution is 2.17. The summed E-state index contributed by atoms with van der Waals surface area (Å²) in [5, 5.41) is 0. The van der Waals surface area contributed by atoms with Crippen LogP contribution in [0.3, 0.4) is 0 Å². The van der Waals surface area contributed by atoms with Gasteiger partial charge in [-0.25, -0.2) is 0 Å². The molecular weight excluding hydrogens is 1010 g/mol. The summed E-state index contributed by atoms with van der Waals surface area (Å²) in [6.45, 7) is 6.53. The molecule has 1 unspecified atom stereocenters. The van der Waals surface area contributed by atoms with E-state index in [0.29, 0.717) is 19.3 Å². The monoisotopic (exact) mass is 1140 g/mol. The number of hydrogen-bond donors (Lipinski definition) is 0. The zero-order valence-corrected chi connectivity index (χ0v) is 54.2. The Labute approximate surface area is 508 Å². The van der Waals surface area contributed by atoms with Crippen molar-refractivity contribution in [2.45, 2.75) is 354 Å². The molecule has 1 atom stereocenters. The molecule has 6 nitrogen and oxygen atoms in total. The van der Waals surface area contributed by atoms with Gasteiger partial charge in [-0.15, -0.1) is 0 Å². The molecule has 0 bridgehead atoms. The summed E-state index contributed by atoms with van der Waals surface area (Å²) in [5.74, 6) is -0.880. The van der Waals surface area contributed by atoms with Crippen molar-refractivity contribution in [3.05, 3.63) is 97.2 Å². The van der Waals surface area contributed by atoms with Crippen molar-refractivity contribution in [1.29, 1.82) is 0 Å². The van der Waals surface area contributed by atoms with E-state index in [1.165, 1.54) is 205 Å². The Morgan fingerprint density at radius 2 is 0.476 bits per heavy atom. The number of ether oxygens (including phenoxy) is 3. The zero-order valence-electron chi connectivity index (χ0n) is 54.2. The van der Waals surface area contributed by atoms with E-state index in [9.17, 15) is 14.4 Å². The molecule has 0 aliphatic rings. The van der Waals surface area contributed by atoms with Gasteiger partial charge in [-0.05, 0) is 122 Å². The molecule has 0 rings (SSSR count). The minimum Gasteiger partial charge on any atom is -0.462 e. The van der Waals surface area contributed by atoms with Crippen LogP contribution in [-0.4, -0.2) is 37.2 Å². The van der Waals surface area contributed by atoms with Gasteiger partial charge in [-0.1, -0.05) is 304 Å². The molecule has 0 N–H and O–H groups in total. The number of allylic oxidation sites excluding steroid dienone is 16. The number of hydrogen-bond acceptors (Lipinski definition) is 6. The van der Waals surface area contributed by atoms with Crippen LogP contribution in [0.4, 0.5) is 0 Å². The van der Waals surface area contributed by atoms with Crippen LogP contribution in [0.15, 0.2) is 97.2 Å². The Kier molecular flexibility index (Phi) is 66.7. The maximum atomic E-state index is 12.9. The topological polar surface area (TPSA) is 78.9 Å². The average molecular weight is 1140 g/mol. The largest absolute Gasteiger partial charge is 0.462 e. The summed E-state index contributed by atoms with van der Waals surface area (Å²) in [6.07, 6.45) is 94.3. The second kappa shape index (κ2) is 69.8. The smallest absolute Gasteiger partial charge is 0.306 e. The van der Waals surface area contributed by atoms with Gasteiger partial charge in [0, 0.05) is 19.3 Å². The summed E-state index contributed by atoms with van der Waals surface area (Å²) in [7, 11) is 0. The molecule has 0 heterocycles. The first-order valence-corrected chi connectivity index (χ1v) is 35.2. The van der Waals surface area contributed by atoms with Crippen LogP contribution in [0.2, 0.25) is 0 Å². The second-order valence-corrected chi connectivity index (χ2v) is 23.4. The summed E-state index contributed by atoms with van der Waals surface area (Å²) >= 11 is 0. The Morgan fingerprint density at radius 3 is 0.780 bits per heavy atom. The molecule has 0 spiro atoms. The molecule has 0 aromatic carbocycles. The van der Waals surface area contributed by atoms with Crippen LogP contribution >= 0.6 is 0 Å². The van der Waals surface area contributed by atoms with Crippen molar-refractivity contribution >= 4 is 17.9 Å². The van der Waals surface area contributed by atoms with Crippen molar-refractivity contribution in [3.63, 3.8) is 0 Å². The van der Waals surface area contributed by atoms with Crippen LogP contribution in [0, 0.1) is 0 Å². The third-order valence-electron chi connectivity index (χ3n) is 15.3. The molecule has 82 heavy (non-hydrogen) atoms. The lowest BCUT2D eigenvalue weighted by Gasteiger charge is -2.18. The van der Waals surface area contributed by atoms with E-state index in [1.54, 1.807) is 0 Å². The van der Waals surface area contributed by atoms with Crippen molar-refractivity contribution in [2.24, 2.45) is 0 Å². The summed E-state index contributed by atoms with van der Waals surface area (Å²) in [6, 6.07) is 0. The van der Waals surface area contributed by atoms with Crippen molar-refractivity contribution in [3.8, 4) is 0 Å². The van der Waals surface area contributed by atoms with Gasteiger partial charge in [0.15, 0.2) is 6.10 Å². The van der Waals surface area contributed by atoms with Gasteiger partial charge in [0.25, 0.3) is 0 Å². The normalized spacial score (nSPS) is 12.7. The molecular formula is C76H132O6. The van der Waals surface area contributed by atoms with Crippen LogP contribution in [0.25, 0.3) is 0 Å². The van der Waals surface area contributed by atoms with Gasteiger partial charge >= 0.3 is 17.9 Å². The molecule has 0 aliphatic heterocycles. The Balaban J connectivity index is 4.26. The Hall–Kier alpha value is -3.67. The fourth-order valence-electron chi connectivity index (χ4n) is 10.0. The minimum atomic E-state index is -0.784. The summed E-state index contributed by atoms with van der Waals surface area (Å²) in [4.78, 5) is 38.4. The molecule has 0 fully saturated rings. The first kappa shape index (κ1) is 78.3. The molecule has 0 radical (unpaired) electrons. The van der Waals surface area contributed by atoms with Crippen LogP contribution in [-0.2, 0) is 28.6 Å². The van der Waals surface area contributed by atoms with Gasteiger partial charge in [0.2, 0.25) is 0 Å². The van der Waals surface area contributed by atoms with E-state index in [0.717, 1.165) is 103 Å². The maximum Gasteiger partial charge on any atom is 0.306 e. The molecule has 0 saturated carbocycles. The van der Waals surface area contributed by atoms with E-state index >= 15 is 0 Å². The highest BCUT2D eigenvalue weighted by Gasteiger charge is 2.19. The summed E-state index contributed by atoms with van der Waals surface area (Å²) in [5.41, 5.74) is 0. The molecule has 472 valence electrons. The molecule has 6 heteroatoms. The fraction of sp³-hybridized carbons (Fsp3) is 0.750. The lowest BCUT2D eigenvalue weighted by atomic mass is 10.0. The van der Waals surface area contributed by atoms with Crippen LogP contribution in [0.5, 0.6) is 0 Å². The van der Waals surface area contributed by atoms with E-state index in [4.69, 9.17) is 14.2 Å². The molecule has 0 saturated heterocycles. The molecule has 0 aromatic rings. The van der Waals surface area contributed by atoms with Gasteiger partial charge in [-0.3, -0.25) is 14.4 Å². The van der Waals surface area contributed by atoms with E-state index in [1.807, 2.05) is 0 Å². The maximum absolute atomic E-state index is 12.9. The highest BCUT2D eigenvalue weighted by atomic mass is 16.6. The molecule has 0 aliphatic carbocycles. The lowest BCUT2D eigenvalue weighted by molar-refractivity contribution is -0.167. The van der Waals surface area contributed by atoms with E-state index in [2.05, 4.69) is 118 Å². The van der Waals surface area contributed by atoms with E-state index in [-0.39, 0.29) is 31.1 Å². The van der Waals surface area contributed by atoms with Gasteiger partial charge in [0.1, 0.15) is 13.2 Å². The number of rotatable bonds is 64. The number of esters is 3. The SMILES string of the molecule is CC/C=C\C/C=C\C/C=C\C/C=C\C/C=C\C/C=C\CCCCCCCCCCCCC(=O)OCC(COC(=O)CCCCCCC/C=C\CCCCC)OC(=O)CCCCCCCCCCCCC/C=C\CCCCCCCCCC. The van der Waals surface area contributed by atoms with Crippen molar-refractivity contribution < 1.29 is 28.6 Å². The number of unbranched alkanes of at least 4 members (excludes halogenated alkanes) is 37. The van der Waals surface area contributed by atoms with Gasteiger partial charge in [0.05, 0.1) is 0 Å². The van der Waals surface area contributed by atoms with Crippen LogP contribution < -0.4 is 0 Å². The quantitative estimate of drug-likeness (QED) is 0.0261. The second-order valence-electron chi connectivity index (χ2n) is 23.4. The summed E-state index contributed by atoms with van der Waals surface area (Å²) < 4.78 is 17.0. The highest BCUT2D eigenvalue weighted by molar-refractivity contribution is 5.71. The fourth-order valence-corrected chi connectivity index (χ4v) is 10.0. The lowest BCUT2D eigenvalue weighted by Crippen LogP contribution is -2.30. The minimum absolute atomic E-state index is 0.0806. The van der Waals surface area contributed by atoms with Crippen molar-refractivity contribution in [1.82, 2.24) is 0 Å². The Bertz CT molecular complexity index is 1590. The Morgan fingerprint density at radius 1 is 0.256 bits per heavy atom. The number of carbonyl (C=O) groups is 3. The molecule has 0 aromatic heterocycles. The first-order chi connectivity index (χ1) is 40.5. The van der Waals surface area contributed by atoms with E-state index < -0.39 is 6.10 Å². The van der Waals surface area contributed by atoms with Crippen molar-refractivity contribution in [2.75, 3.05) is 13.2 Å². The first-order valence-electron chi connectivity index (χ1n) is 35.2. The number of carbonyl (C=O) groups excluding carboxylic acids is 3. The predicted octanol–water partition coefficient (Wildman–Crippen LogP) is 24.4. The third kappa shape index (κ3) is 67.1. The standard InChI is InChI=1S/C76H132O6/c1-4-7-10-13-16-19-22-25-27-29-31-33-35-36-37-38-39-40-42-43-45-47-49-51-54-57-60-63-66-69-75(78)81-72-73(71-80-74(77)68-65-62-59-56-53-24-21-18-15-12-9-6-3)82-76(79)70-67-64-61-58-55-52-50-48-46-44-41-34-32-30-28-26-23-20-17-14-11-8-5-2/h7,10,16,18-19,21,25,27,30-33,36-37,39-40,73H,4-6,8-9,11-15,17,20,22-24,26,28-29,34-35,38,41-72H2,1-3H3/b10-7-,19-16-,21-18-,27-25-,32-30-,33-31-,37-36-,40-39-. The average Bonchev–Trinajstić information content (AvgIpc) is 3.47. The van der Waals surface area contributed by atoms with Crippen LogP contribution in [0.1, 0.15) is 348 Å². The van der Waals surface area contributed by atoms with Gasteiger partial charge in [-0.2, -0.15) is 0 Å². The predicted molar refractivity (Wildman–Crippen MR) is 357 cm³/mol. The zero-order chi connectivity index (χ0) is 59.2. The molecule has 0 amide bonds.